The van der Waals surface area contributed by atoms with Crippen LogP contribution < -0.4 is 0 Å². The molecule has 7 heteroatoms. The van der Waals surface area contributed by atoms with Crippen molar-refractivity contribution in [2.75, 3.05) is 13.1 Å². The molecule has 0 bridgehead atoms. The van der Waals surface area contributed by atoms with Crippen molar-refractivity contribution in [2.45, 2.75) is 30.7 Å². The van der Waals surface area contributed by atoms with Gasteiger partial charge in [0.25, 0.3) is 10.0 Å². The van der Waals surface area contributed by atoms with E-state index in [1.807, 2.05) is 19.1 Å². The molecule has 1 unspecified atom stereocenters. The van der Waals surface area contributed by atoms with Crippen LogP contribution in [0.2, 0.25) is 0 Å². The van der Waals surface area contributed by atoms with Crippen molar-refractivity contribution in [3.05, 3.63) is 42.1 Å². The van der Waals surface area contributed by atoms with Crippen molar-refractivity contribution in [3.8, 4) is 0 Å². The Morgan fingerprint density at radius 3 is 2.82 bits per heavy atom. The summed E-state index contributed by atoms with van der Waals surface area (Å²) in [5.41, 5.74) is 2.12. The zero-order valence-corrected chi connectivity index (χ0v) is 13.6. The van der Waals surface area contributed by atoms with Gasteiger partial charge in [0.05, 0.1) is 6.33 Å². The second-order valence-electron chi connectivity index (χ2n) is 5.81. The lowest BCUT2D eigenvalue weighted by Crippen LogP contribution is -2.39. The van der Waals surface area contributed by atoms with Crippen LogP contribution in [-0.4, -0.2) is 40.3 Å². The van der Waals surface area contributed by atoms with Gasteiger partial charge in [-0.25, -0.2) is 13.4 Å². The van der Waals surface area contributed by atoms with E-state index in [1.54, 1.807) is 28.3 Å². The average Bonchev–Trinajstić information content (AvgIpc) is 2.95. The highest BCUT2D eigenvalue weighted by atomic mass is 32.2. The number of pyridine rings is 1. The minimum atomic E-state index is -3.51. The van der Waals surface area contributed by atoms with Crippen molar-refractivity contribution >= 4 is 10.0 Å². The third kappa shape index (κ3) is 2.91. The van der Waals surface area contributed by atoms with Crippen LogP contribution in [0.4, 0.5) is 0 Å². The molecule has 1 aliphatic rings. The van der Waals surface area contributed by atoms with Crippen molar-refractivity contribution in [3.63, 3.8) is 0 Å². The molecule has 0 amide bonds. The van der Waals surface area contributed by atoms with Crippen LogP contribution >= 0.6 is 0 Å². The molecular formula is C15H20N4O2S. The van der Waals surface area contributed by atoms with Gasteiger partial charge in [-0.3, -0.25) is 4.98 Å². The molecule has 1 aliphatic heterocycles. The van der Waals surface area contributed by atoms with Crippen LogP contribution in [0.15, 0.2) is 35.9 Å². The van der Waals surface area contributed by atoms with E-state index in [0.29, 0.717) is 13.1 Å². The molecule has 0 saturated carbocycles. The molecular weight excluding hydrogens is 300 g/mol. The van der Waals surface area contributed by atoms with E-state index in [-0.39, 0.29) is 10.9 Å². The van der Waals surface area contributed by atoms with E-state index < -0.39 is 10.0 Å². The monoisotopic (exact) mass is 320 g/mol. The first-order valence-corrected chi connectivity index (χ1v) is 8.81. The maximum atomic E-state index is 12.7. The van der Waals surface area contributed by atoms with Crippen molar-refractivity contribution in [1.82, 2.24) is 18.8 Å². The normalized spacial score (nSPS) is 20.2. The molecule has 0 aliphatic carbocycles. The van der Waals surface area contributed by atoms with Crippen LogP contribution in [-0.2, 0) is 17.1 Å². The van der Waals surface area contributed by atoms with Crippen LogP contribution in [0.1, 0.15) is 30.0 Å². The second-order valence-corrected chi connectivity index (χ2v) is 7.69. The van der Waals surface area contributed by atoms with Crippen LogP contribution in [0.3, 0.4) is 0 Å². The molecule has 6 nitrogen and oxygen atoms in total. The highest BCUT2D eigenvalue weighted by Gasteiger charge is 2.32. The Kier molecular flexibility index (Phi) is 4.01. The Balaban J connectivity index is 1.84. The number of piperidine rings is 1. The summed E-state index contributed by atoms with van der Waals surface area (Å²) in [4.78, 5) is 8.21. The van der Waals surface area contributed by atoms with Crippen molar-refractivity contribution in [2.24, 2.45) is 7.05 Å². The number of sulfonamides is 1. The van der Waals surface area contributed by atoms with Gasteiger partial charge in [0.15, 0.2) is 5.03 Å². The number of imidazole rings is 1. The molecule has 0 spiro atoms. The fourth-order valence-electron chi connectivity index (χ4n) is 2.91. The predicted octanol–water partition coefficient (Wildman–Crippen LogP) is 1.69. The largest absolute Gasteiger partial charge is 0.339 e. The summed E-state index contributed by atoms with van der Waals surface area (Å²) in [7, 11) is -1.74. The van der Waals surface area contributed by atoms with E-state index in [2.05, 4.69) is 9.97 Å². The molecule has 2 aromatic rings. The molecule has 22 heavy (non-hydrogen) atoms. The molecule has 1 atom stereocenters. The number of rotatable bonds is 3. The molecule has 1 fully saturated rings. The smallest absolute Gasteiger partial charge is 0.262 e. The predicted molar refractivity (Wildman–Crippen MR) is 82.9 cm³/mol. The summed E-state index contributed by atoms with van der Waals surface area (Å²) in [6, 6.07) is 4.02. The molecule has 2 aromatic heterocycles. The Bertz CT molecular complexity index is 769. The fourth-order valence-corrected chi connectivity index (χ4v) is 4.40. The summed E-state index contributed by atoms with van der Waals surface area (Å²) >= 11 is 0. The molecule has 118 valence electrons. The first-order chi connectivity index (χ1) is 10.5. The van der Waals surface area contributed by atoms with Gasteiger partial charge in [0.1, 0.15) is 0 Å². The van der Waals surface area contributed by atoms with Gasteiger partial charge in [-0.15, -0.1) is 0 Å². The highest BCUT2D eigenvalue weighted by Crippen LogP contribution is 2.29. The van der Waals surface area contributed by atoms with E-state index in [1.165, 1.54) is 6.33 Å². The Labute approximate surface area is 130 Å². The first-order valence-electron chi connectivity index (χ1n) is 7.37. The van der Waals surface area contributed by atoms with E-state index in [9.17, 15) is 8.42 Å². The van der Waals surface area contributed by atoms with Crippen LogP contribution in [0, 0.1) is 6.92 Å². The van der Waals surface area contributed by atoms with E-state index >= 15 is 0 Å². The van der Waals surface area contributed by atoms with Gasteiger partial charge in [0, 0.05) is 38.2 Å². The SMILES string of the molecule is Cc1cc(C2CCCN(S(=O)(=O)c3cn(C)cn3)C2)ccn1. The number of aryl methyl sites for hydroxylation is 2. The molecule has 0 aromatic carbocycles. The van der Waals surface area contributed by atoms with Crippen molar-refractivity contribution in [1.29, 1.82) is 0 Å². The Morgan fingerprint density at radius 2 is 2.14 bits per heavy atom. The quantitative estimate of drug-likeness (QED) is 0.863. The minimum absolute atomic E-state index is 0.126. The van der Waals surface area contributed by atoms with Gasteiger partial charge >= 0.3 is 0 Å². The maximum Gasteiger partial charge on any atom is 0.262 e. The average molecular weight is 320 g/mol. The minimum Gasteiger partial charge on any atom is -0.339 e. The molecule has 0 radical (unpaired) electrons. The molecule has 1 saturated heterocycles. The van der Waals surface area contributed by atoms with Crippen LogP contribution in [0.5, 0.6) is 0 Å². The summed E-state index contributed by atoms with van der Waals surface area (Å²) < 4.78 is 28.6. The van der Waals surface area contributed by atoms with Crippen LogP contribution in [0.25, 0.3) is 0 Å². The van der Waals surface area contributed by atoms with Gasteiger partial charge in [0.2, 0.25) is 0 Å². The molecule has 3 heterocycles. The Hall–Kier alpha value is -1.73. The standard InChI is InChI=1S/C15H20N4O2S/c1-12-8-13(5-6-16-12)14-4-3-7-19(9-14)22(20,21)15-10-18(2)11-17-15/h5-6,8,10-11,14H,3-4,7,9H2,1-2H3. The van der Waals surface area contributed by atoms with Gasteiger partial charge < -0.3 is 4.57 Å². The summed E-state index contributed by atoms with van der Waals surface area (Å²) in [5, 5.41) is 0.126. The lowest BCUT2D eigenvalue weighted by Gasteiger charge is -2.31. The topological polar surface area (TPSA) is 68.1 Å². The Morgan fingerprint density at radius 1 is 1.32 bits per heavy atom. The molecule has 3 rings (SSSR count). The van der Waals surface area contributed by atoms with Crippen molar-refractivity contribution < 1.29 is 8.42 Å². The number of hydrogen-bond donors (Lipinski definition) is 0. The number of hydrogen-bond acceptors (Lipinski definition) is 4. The summed E-state index contributed by atoms with van der Waals surface area (Å²) in [6.45, 7) is 3.01. The second kappa shape index (κ2) is 5.81. The number of aromatic nitrogens is 3. The molecule has 0 N–H and O–H groups in total. The third-order valence-corrected chi connectivity index (χ3v) is 5.81. The summed E-state index contributed by atoms with van der Waals surface area (Å²) in [6.07, 6.45) is 6.71. The first kappa shape index (κ1) is 15.2. The summed E-state index contributed by atoms with van der Waals surface area (Å²) in [5.74, 6) is 0.217. The zero-order chi connectivity index (χ0) is 15.7. The highest BCUT2D eigenvalue weighted by molar-refractivity contribution is 7.89. The van der Waals surface area contributed by atoms with E-state index in [0.717, 1.165) is 24.1 Å². The van der Waals surface area contributed by atoms with E-state index in [4.69, 9.17) is 0 Å². The zero-order valence-electron chi connectivity index (χ0n) is 12.8. The maximum absolute atomic E-state index is 12.7. The van der Waals surface area contributed by atoms with Gasteiger partial charge in [-0.2, -0.15) is 4.31 Å². The fraction of sp³-hybridized carbons (Fsp3) is 0.467. The van der Waals surface area contributed by atoms with Gasteiger partial charge in [-0.05, 0) is 43.4 Å². The van der Waals surface area contributed by atoms with Gasteiger partial charge in [-0.1, -0.05) is 0 Å². The lowest BCUT2D eigenvalue weighted by atomic mass is 9.92. The lowest BCUT2D eigenvalue weighted by molar-refractivity contribution is 0.315. The number of nitrogens with zero attached hydrogens (tertiary/aromatic N) is 4. The third-order valence-electron chi connectivity index (χ3n) is 4.06.